The van der Waals surface area contributed by atoms with Gasteiger partial charge >= 0.3 is 0 Å². The second-order valence-electron chi connectivity index (χ2n) is 2.23. The zero-order chi connectivity index (χ0) is 8.81. The third-order valence-corrected chi connectivity index (χ3v) is 1.91. The molecular formula is C9H10BrNO. The number of hydrogen-bond acceptors (Lipinski definition) is 2. The van der Waals surface area contributed by atoms with Crippen molar-refractivity contribution in [3.8, 4) is 5.75 Å². The Kier molecular flexibility index (Phi) is 3.80. The first kappa shape index (κ1) is 9.26. The summed E-state index contributed by atoms with van der Waals surface area (Å²) >= 11 is 3.34. The summed E-state index contributed by atoms with van der Waals surface area (Å²) in [6, 6.07) is 1.83. The van der Waals surface area contributed by atoms with Crippen LogP contribution in [0.2, 0.25) is 0 Å². The van der Waals surface area contributed by atoms with Crippen LogP contribution in [0.4, 0.5) is 0 Å². The molecule has 0 aliphatic rings. The maximum Gasteiger partial charge on any atom is 0.136 e. The van der Waals surface area contributed by atoms with Gasteiger partial charge in [0.2, 0.25) is 0 Å². The Morgan fingerprint density at radius 3 is 3.17 bits per heavy atom. The molecule has 0 amide bonds. The van der Waals surface area contributed by atoms with Gasteiger partial charge in [0.15, 0.2) is 0 Å². The highest BCUT2D eigenvalue weighted by atomic mass is 79.9. The SMILES string of the molecule is C=CCCOc1ccncc1Br. The van der Waals surface area contributed by atoms with Crippen LogP contribution in [0.15, 0.2) is 35.6 Å². The zero-order valence-corrected chi connectivity index (χ0v) is 8.25. The van der Waals surface area contributed by atoms with Crippen molar-refractivity contribution in [2.75, 3.05) is 6.61 Å². The predicted octanol–water partition coefficient (Wildman–Crippen LogP) is 2.80. The van der Waals surface area contributed by atoms with E-state index < -0.39 is 0 Å². The molecule has 2 nitrogen and oxygen atoms in total. The van der Waals surface area contributed by atoms with Crippen molar-refractivity contribution in [3.05, 3.63) is 35.6 Å². The molecule has 1 heterocycles. The van der Waals surface area contributed by atoms with E-state index in [1.165, 1.54) is 0 Å². The van der Waals surface area contributed by atoms with Gasteiger partial charge in [-0.1, -0.05) is 6.08 Å². The molecule has 0 unspecified atom stereocenters. The number of nitrogens with zero attached hydrogens (tertiary/aromatic N) is 1. The van der Waals surface area contributed by atoms with Gasteiger partial charge < -0.3 is 4.74 Å². The van der Waals surface area contributed by atoms with Crippen molar-refractivity contribution in [2.45, 2.75) is 6.42 Å². The van der Waals surface area contributed by atoms with E-state index in [1.807, 2.05) is 12.1 Å². The van der Waals surface area contributed by atoms with Crippen LogP contribution in [-0.2, 0) is 0 Å². The summed E-state index contributed by atoms with van der Waals surface area (Å²) in [6.07, 6.45) is 6.10. The fourth-order valence-corrected chi connectivity index (χ4v) is 1.10. The molecule has 12 heavy (non-hydrogen) atoms. The number of hydrogen-bond donors (Lipinski definition) is 0. The van der Waals surface area contributed by atoms with E-state index in [-0.39, 0.29) is 0 Å². The summed E-state index contributed by atoms with van der Waals surface area (Å²) in [5.74, 6) is 0.826. The molecule has 0 bridgehead atoms. The second kappa shape index (κ2) is 4.93. The van der Waals surface area contributed by atoms with Crippen molar-refractivity contribution < 1.29 is 4.74 Å². The van der Waals surface area contributed by atoms with Crippen molar-refractivity contribution in [1.29, 1.82) is 0 Å². The monoisotopic (exact) mass is 227 g/mol. The first-order chi connectivity index (χ1) is 5.84. The van der Waals surface area contributed by atoms with E-state index in [9.17, 15) is 0 Å². The number of ether oxygens (including phenoxy) is 1. The summed E-state index contributed by atoms with van der Waals surface area (Å²) < 4.78 is 6.30. The summed E-state index contributed by atoms with van der Waals surface area (Å²) in [5.41, 5.74) is 0. The van der Waals surface area contributed by atoms with Crippen LogP contribution in [0.1, 0.15) is 6.42 Å². The lowest BCUT2D eigenvalue weighted by atomic mass is 10.4. The van der Waals surface area contributed by atoms with Crippen molar-refractivity contribution in [1.82, 2.24) is 4.98 Å². The standard InChI is InChI=1S/C9H10BrNO/c1-2-3-6-12-9-4-5-11-7-8(9)10/h2,4-5,7H,1,3,6H2. The minimum Gasteiger partial charge on any atom is -0.492 e. The first-order valence-corrected chi connectivity index (χ1v) is 4.47. The van der Waals surface area contributed by atoms with E-state index in [4.69, 9.17) is 4.74 Å². The molecule has 0 aliphatic heterocycles. The molecule has 0 spiro atoms. The lowest BCUT2D eigenvalue weighted by Gasteiger charge is -2.04. The van der Waals surface area contributed by atoms with Gasteiger partial charge in [0.1, 0.15) is 5.75 Å². The first-order valence-electron chi connectivity index (χ1n) is 3.68. The molecule has 0 atom stereocenters. The highest BCUT2D eigenvalue weighted by Crippen LogP contribution is 2.22. The molecule has 3 heteroatoms. The van der Waals surface area contributed by atoms with Crippen LogP contribution in [0.5, 0.6) is 5.75 Å². The van der Waals surface area contributed by atoms with Crippen LogP contribution in [0.25, 0.3) is 0 Å². The quantitative estimate of drug-likeness (QED) is 0.583. The molecule has 1 aromatic heterocycles. The lowest BCUT2D eigenvalue weighted by Crippen LogP contribution is -1.96. The Labute approximate surface area is 80.4 Å². The van der Waals surface area contributed by atoms with Gasteiger partial charge in [-0.3, -0.25) is 4.98 Å². The predicted molar refractivity (Wildman–Crippen MR) is 52.2 cm³/mol. The third kappa shape index (κ3) is 2.66. The maximum atomic E-state index is 5.42. The van der Waals surface area contributed by atoms with E-state index in [1.54, 1.807) is 12.4 Å². The van der Waals surface area contributed by atoms with Crippen LogP contribution in [0, 0.1) is 0 Å². The van der Waals surface area contributed by atoms with E-state index in [2.05, 4.69) is 27.5 Å². The molecule has 1 rings (SSSR count). The van der Waals surface area contributed by atoms with Gasteiger partial charge in [0.25, 0.3) is 0 Å². The summed E-state index contributed by atoms with van der Waals surface area (Å²) in [6.45, 7) is 4.27. The molecule has 0 aromatic carbocycles. The average Bonchev–Trinajstić information content (AvgIpc) is 2.09. The minimum absolute atomic E-state index is 0.659. The Morgan fingerprint density at radius 1 is 1.67 bits per heavy atom. The fraction of sp³-hybridized carbons (Fsp3) is 0.222. The van der Waals surface area contributed by atoms with Crippen LogP contribution < -0.4 is 4.74 Å². The van der Waals surface area contributed by atoms with Crippen molar-refractivity contribution in [2.24, 2.45) is 0 Å². The number of rotatable bonds is 4. The highest BCUT2D eigenvalue weighted by molar-refractivity contribution is 9.10. The molecule has 0 fully saturated rings. The Bertz CT molecular complexity index is 262. The molecule has 0 saturated carbocycles. The van der Waals surface area contributed by atoms with Gasteiger partial charge in [-0.2, -0.15) is 0 Å². The Morgan fingerprint density at radius 2 is 2.50 bits per heavy atom. The minimum atomic E-state index is 0.659. The topological polar surface area (TPSA) is 22.1 Å². The summed E-state index contributed by atoms with van der Waals surface area (Å²) in [5, 5.41) is 0. The molecule has 0 aliphatic carbocycles. The van der Waals surface area contributed by atoms with Gasteiger partial charge in [0, 0.05) is 12.4 Å². The molecule has 0 saturated heterocycles. The second-order valence-corrected chi connectivity index (χ2v) is 3.09. The zero-order valence-electron chi connectivity index (χ0n) is 6.66. The van der Waals surface area contributed by atoms with Crippen molar-refractivity contribution in [3.63, 3.8) is 0 Å². The van der Waals surface area contributed by atoms with Gasteiger partial charge in [-0.25, -0.2) is 0 Å². The van der Waals surface area contributed by atoms with Crippen molar-refractivity contribution >= 4 is 15.9 Å². The Hall–Kier alpha value is -0.830. The number of pyridine rings is 1. The third-order valence-electron chi connectivity index (χ3n) is 1.31. The summed E-state index contributed by atoms with van der Waals surface area (Å²) in [4.78, 5) is 3.93. The van der Waals surface area contributed by atoms with E-state index in [0.29, 0.717) is 6.61 Å². The molecule has 0 radical (unpaired) electrons. The summed E-state index contributed by atoms with van der Waals surface area (Å²) in [7, 11) is 0. The molecular weight excluding hydrogens is 218 g/mol. The number of aromatic nitrogens is 1. The molecule has 1 aromatic rings. The van der Waals surface area contributed by atoms with Gasteiger partial charge in [-0.15, -0.1) is 6.58 Å². The average molecular weight is 228 g/mol. The molecule has 0 N–H and O–H groups in total. The van der Waals surface area contributed by atoms with E-state index >= 15 is 0 Å². The van der Waals surface area contributed by atoms with Gasteiger partial charge in [-0.05, 0) is 28.4 Å². The normalized spacial score (nSPS) is 9.42. The van der Waals surface area contributed by atoms with Crippen LogP contribution in [-0.4, -0.2) is 11.6 Å². The lowest BCUT2D eigenvalue weighted by molar-refractivity contribution is 0.322. The van der Waals surface area contributed by atoms with Gasteiger partial charge in [0.05, 0.1) is 11.1 Å². The maximum absolute atomic E-state index is 5.42. The smallest absolute Gasteiger partial charge is 0.136 e. The Balaban J connectivity index is 2.51. The number of halogens is 1. The van der Waals surface area contributed by atoms with Crippen LogP contribution in [0.3, 0.4) is 0 Å². The van der Waals surface area contributed by atoms with Crippen LogP contribution >= 0.6 is 15.9 Å². The largest absolute Gasteiger partial charge is 0.492 e. The van der Waals surface area contributed by atoms with E-state index in [0.717, 1.165) is 16.6 Å². The highest BCUT2D eigenvalue weighted by Gasteiger charge is 1.97. The molecule has 64 valence electrons. The fourth-order valence-electron chi connectivity index (χ4n) is 0.732.